The first-order chi connectivity index (χ1) is 12.4. The molecule has 0 bridgehead atoms. The van der Waals surface area contributed by atoms with Gasteiger partial charge in [0.05, 0.1) is 0 Å². The van der Waals surface area contributed by atoms with Gasteiger partial charge in [-0.3, -0.25) is 4.79 Å². The minimum atomic E-state index is 0.292. The molecule has 0 heterocycles. The molecule has 2 rings (SSSR count). The van der Waals surface area contributed by atoms with E-state index in [-0.39, 0.29) is 0 Å². The standard InChI is InChI=1S/C25H36O/c1-20(17-19-26)13-14-22-11-7-5-6-8-12-23(22)15-16-24-21(2)10-9-18-25(24,3)4/h13-17,19H,5-12,18H2,1-4H3/b14-13+,16-15+,20-17+,23-22-. The molecule has 26 heavy (non-hydrogen) atoms. The predicted molar refractivity (Wildman–Crippen MR) is 113 cm³/mol. The summed E-state index contributed by atoms with van der Waals surface area (Å²) in [6.45, 7) is 9.07. The van der Waals surface area contributed by atoms with Crippen molar-refractivity contribution in [3.63, 3.8) is 0 Å². The summed E-state index contributed by atoms with van der Waals surface area (Å²) in [6.07, 6.45) is 23.0. The minimum absolute atomic E-state index is 0.292. The Hall–Kier alpha value is -1.63. The van der Waals surface area contributed by atoms with Crippen LogP contribution in [0.2, 0.25) is 0 Å². The smallest absolute Gasteiger partial charge is 0.143 e. The first-order valence-corrected chi connectivity index (χ1v) is 10.3. The normalized spacial score (nSPS) is 25.6. The average Bonchev–Trinajstić information content (AvgIpc) is 2.55. The van der Waals surface area contributed by atoms with Crippen molar-refractivity contribution < 1.29 is 4.79 Å². The number of aldehydes is 1. The largest absolute Gasteiger partial charge is 0.299 e. The maximum Gasteiger partial charge on any atom is 0.143 e. The zero-order valence-corrected chi connectivity index (χ0v) is 17.2. The van der Waals surface area contributed by atoms with Gasteiger partial charge in [0.1, 0.15) is 6.29 Å². The highest BCUT2D eigenvalue weighted by Gasteiger charge is 2.26. The van der Waals surface area contributed by atoms with E-state index in [9.17, 15) is 4.79 Å². The van der Waals surface area contributed by atoms with Crippen molar-refractivity contribution in [2.45, 2.75) is 85.5 Å². The van der Waals surface area contributed by atoms with Crippen molar-refractivity contribution in [1.29, 1.82) is 0 Å². The maximum atomic E-state index is 10.7. The van der Waals surface area contributed by atoms with Crippen molar-refractivity contribution in [3.05, 3.63) is 58.2 Å². The molecule has 1 heteroatoms. The highest BCUT2D eigenvalue weighted by molar-refractivity contribution is 5.67. The first-order valence-electron chi connectivity index (χ1n) is 10.3. The number of hydrogen-bond acceptors (Lipinski definition) is 1. The Morgan fingerprint density at radius 2 is 1.54 bits per heavy atom. The van der Waals surface area contributed by atoms with Crippen molar-refractivity contribution in [2.24, 2.45) is 5.41 Å². The monoisotopic (exact) mass is 352 g/mol. The third-order valence-corrected chi connectivity index (χ3v) is 5.93. The van der Waals surface area contributed by atoms with Gasteiger partial charge in [-0.25, -0.2) is 0 Å². The molecule has 0 aromatic heterocycles. The molecule has 2 aliphatic carbocycles. The summed E-state index contributed by atoms with van der Waals surface area (Å²) in [5, 5.41) is 0. The van der Waals surface area contributed by atoms with Crippen LogP contribution >= 0.6 is 0 Å². The van der Waals surface area contributed by atoms with Gasteiger partial charge in [0.25, 0.3) is 0 Å². The fourth-order valence-corrected chi connectivity index (χ4v) is 4.28. The van der Waals surface area contributed by atoms with Gasteiger partial charge < -0.3 is 0 Å². The first kappa shape index (κ1) is 20.7. The predicted octanol–water partition coefficient (Wildman–Crippen LogP) is 7.42. The maximum absolute atomic E-state index is 10.7. The number of allylic oxidation sites excluding steroid dienone is 10. The molecule has 1 nitrogen and oxygen atoms in total. The molecule has 0 N–H and O–H groups in total. The van der Waals surface area contributed by atoms with Gasteiger partial charge in [-0.2, -0.15) is 0 Å². The van der Waals surface area contributed by atoms with Crippen molar-refractivity contribution in [3.8, 4) is 0 Å². The van der Waals surface area contributed by atoms with Crippen LogP contribution in [0.1, 0.15) is 85.5 Å². The quantitative estimate of drug-likeness (QED) is 0.286. The van der Waals surface area contributed by atoms with E-state index in [0.29, 0.717) is 5.41 Å². The third-order valence-electron chi connectivity index (χ3n) is 5.93. The summed E-state index contributed by atoms with van der Waals surface area (Å²) < 4.78 is 0. The van der Waals surface area contributed by atoms with Crippen molar-refractivity contribution >= 4 is 6.29 Å². The van der Waals surface area contributed by atoms with E-state index in [2.05, 4.69) is 45.1 Å². The van der Waals surface area contributed by atoms with Crippen molar-refractivity contribution in [1.82, 2.24) is 0 Å². The van der Waals surface area contributed by atoms with Crippen molar-refractivity contribution in [2.75, 3.05) is 0 Å². The lowest BCUT2D eigenvalue weighted by atomic mass is 9.72. The van der Waals surface area contributed by atoms with E-state index in [1.807, 2.05) is 6.92 Å². The molecule has 0 unspecified atom stereocenters. The molecule has 2 aliphatic rings. The SMILES string of the molecule is CC1=C(/C=C/C2=C(\C=C\C(C)=C\C=O)CCCCCC2)C(C)(C)CCC1. The molecule has 0 radical (unpaired) electrons. The summed E-state index contributed by atoms with van der Waals surface area (Å²) in [4.78, 5) is 10.7. The molecule has 142 valence electrons. The van der Waals surface area contributed by atoms with Gasteiger partial charge in [-0.15, -0.1) is 0 Å². The lowest BCUT2D eigenvalue weighted by molar-refractivity contribution is -0.104. The Kier molecular flexibility index (Phi) is 7.87. The topological polar surface area (TPSA) is 17.1 Å². The Morgan fingerprint density at radius 3 is 2.15 bits per heavy atom. The van der Waals surface area contributed by atoms with Crippen LogP contribution in [0.5, 0.6) is 0 Å². The van der Waals surface area contributed by atoms with E-state index in [4.69, 9.17) is 0 Å². The van der Waals surface area contributed by atoms with E-state index in [0.717, 1.165) is 18.3 Å². The second-order valence-corrected chi connectivity index (χ2v) is 8.61. The molecular weight excluding hydrogens is 316 g/mol. The van der Waals surface area contributed by atoms with Crippen LogP contribution in [0.4, 0.5) is 0 Å². The van der Waals surface area contributed by atoms with Crippen LogP contribution in [0.25, 0.3) is 0 Å². The Bertz CT molecular complexity index is 650. The minimum Gasteiger partial charge on any atom is -0.299 e. The van der Waals surface area contributed by atoms with Crippen LogP contribution in [0, 0.1) is 5.41 Å². The zero-order chi connectivity index (χ0) is 19.0. The second kappa shape index (κ2) is 9.90. The number of hydrogen-bond donors (Lipinski definition) is 0. The molecule has 0 saturated heterocycles. The zero-order valence-electron chi connectivity index (χ0n) is 17.2. The van der Waals surface area contributed by atoms with Crippen LogP contribution in [0.15, 0.2) is 58.2 Å². The van der Waals surface area contributed by atoms with E-state index >= 15 is 0 Å². The van der Waals surface area contributed by atoms with E-state index in [1.54, 1.807) is 17.2 Å². The molecule has 0 amide bonds. The van der Waals surface area contributed by atoms with Gasteiger partial charge in [0.2, 0.25) is 0 Å². The van der Waals surface area contributed by atoms with Gasteiger partial charge in [0.15, 0.2) is 0 Å². The molecule has 0 aromatic rings. The summed E-state index contributed by atoms with van der Waals surface area (Å²) in [6, 6.07) is 0. The summed E-state index contributed by atoms with van der Waals surface area (Å²) in [5.74, 6) is 0. The lowest BCUT2D eigenvalue weighted by Gasteiger charge is -2.33. The Balaban J connectivity index is 2.33. The lowest BCUT2D eigenvalue weighted by Crippen LogP contribution is -2.19. The van der Waals surface area contributed by atoms with Gasteiger partial charge in [-0.1, -0.05) is 56.6 Å². The molecule has 0 spiro atoms. The van der Waals surface area contributed by atoms with Gasteiger partial charge >= 0.3 is 0 Å². The van der Waals surface area contributed by atoms with Gasteiger partial charge in [0, 0.05) is 0 Å². The van der Waals surface area contributed by atoms with Crippen LogP contribution in [-0.2, 0) is 4.79 Å². The molecule has 0 aliphatic heterocycles. The molecule has 0 atom stereocenters. The Morgan fingerprint density at radius 1 is 0.885 bits per heavy atom. The van der Waals surface area contributed by atoms with Crippen LogP contribution in [0.3, 0.4) is 0 Å². The number of carbonyl (C=O) groups excluding carboxylic acids is 1. The van der Waals surface area contributed by atoms with E-state index < -0.39 is 0 Å². The highest BCUT2D eigenvalue weighted by Crippen LogP contribution is 2.41. The Labute approximate surface area is 160 Å². The summed E-state index contributed by atoms with van der Waals surface area (Å²) >= 11 is 0. The average molecular weight is 353 g/mol. The fourth-order valence-electron chi connectivity index (χ4n) is 4.28. The molecular formula is C25H36O. The van der Waals surface area contributed by atoms with E-state index in [1.165, 1.54) is 62.5 Å². The summed E-state index contributed by atoms with van der Waals surface area (Å²) in [7, 11) is 0. The molecule has 0 saturated carbocycles. The number of rotatable bonds is 5. The molecule has 0 fully saturated rings. The number of carbonyl (C=O) groups is 1. The molecule has 0 aromatic carbocycles. The van der Waals surface area contributed by atoms with Gasteiger partial charge in [-0.05, 0) is 92.6 Å². The highest BCUT2D eigenvalue weighted by atomic mass is 16.1. The van der Waals surface area contributed by atoms with Crippen LogP contribution < -0.4 is 0 Å². The second-order valence-electron chi connectivity index (χ2n) is 8.61. The van der Waals surface area contributed by atoms with Crippen LogP contribution in [-0.4, -0.2) is 6.29 Å². The summed E-state index contributed by atoms with van der Waals surface area (Å²) in [5.41, 5.74) is 7.35. The third kappa shape index (κ3) is 5.97. The fraction of sp³-hybridized carbons (Fsp3) is 0.560.